The third-order valence-electron chi connectivity index (χ3n) is 5.53. The fourth-order valence-electron chi connectivity index (χ4n) is 3.91. The number of nitrogens with one attached hydrogen (secondary N) is 2. The summed E-state index contributed by atoms with van der Waals surface area (Å²) in [4.78, 5) is 23.2. The number of amides is 1. The fraction of sp³-hybridized carbons (Fsp3) is 0.524. The molecule has 0 bridgehead atoms. The monoisotopic (exact) mass is 392 g/mol. The van der Waals surface area contributed by atoms with Crippen molar-refractivity contribution in [2.24, 2.45) is 5.92 Å². The van der Waals surface area contributed by atoms with Gasteiger partial charge in [0.25, 0.3) is 5.91 Å². The Bertz CT molecular complexity index is 665. The highest BCUT2D eigenvalue weighted by molar-refractivity contribution is 5.94. The van der Waals surface area contributed by atoms with E-state index in [0.29, 0.717) is 11.5 Å². The minimum Gasteiger partial charge on any atom is -0.481 e. The van der Waals surface area contributed by atoms with Crippen LogP contribution in [0.25, 0.3) is 5.57 Å². The molecule has 0 aromatic heterocycles. The second-order valence-electron chi connectivity index (χ2n) is 7.38. The Labute approximate surface area is 167 Å². The van der Waals surface area contributed by atoms with Crippen LogP contribution in [0, 0.1) is 5.92 Å². The fourth-order valence-corrected chi connectivity index (χ4v) is 3.91. The number of rotatable bonds is 6. The molecule has 3 rings (SSSR count). The smallest absolute Gasteiger partial charge is 0.303 e. The Hall–Kier alpha value is -1.85. The van der Waals surface area contributed by atoms with Crippen molar-refractivity contribution >= 4 is 29.9 Å². The van der Waals surface area contributed by atoms with Crippen LogP contribution < -0.4 is 10.6 Å². The second kappa shape index (κ2) is 10.5. The number of hydrogen-bond donors (Lipinski definition) is 3. The lowest BCUT2D eigenvalue weighted by Crippen LogP contribution is -2.37. The van der Waals surface area contributed by atoms with Gasteiger partial charge in [-0.15, -0.1) is 12.4 Å². The van der Waals surface area contributed by atoms with Crippen molar-refractivity contribution in [3.05, 3.63) is 41.5 Å². The number of hydrogen-bond acceptors (Lipinski definition) is 3. The van der Waals surface area contributed by atoms with Gasteiger partial charge in [0, 0.05) is 24.6 Å². The van der Waals surface area contributed by atoms with Crippen LogP contribution in [0.3, 0.4) is 0 Å². The number of aliphatic carboxylic acids is 1. The summed E-state index contributed by atoms with van der Waals surface area (Å²) >= 11 is 0. The molecule has 148 valence electrons. The van der Waals surface area contributed by atoms with Crippen molar-refractivity contribution in [1.82, 2.24) is 10.6 Å². The van der Waals surface area contributed by atoms with Crippen LogP contribution in [0.1, 0.15) is 60.9 Å². The molecule has 1 amide bonds. The Kier molecular flexibility index (Phi) is 8.32. The molecule has 27 heavy (non-hydrogen) atoms. The standard InChI is InChI=1S/C21H28N2O3.ClH/c24-20(25)10-3-15-1-8-19(9-2-15)23-21(26)18-6-4-16(5-7-18)17-11-13-22-14-12-17;/h4-7,11,15,19,22H,1-3,8-10,12-14H2,(H,23,26)(H,24,25);1H. The third kappa shape index (κ3) is 6.36. The zero-order valence-corrected chi connectivity index (χ0v) is 16.4. The topological polar surface area (TPSA) is 78.4 Å². The van der Waals surface area contributed by atoms with E-state index in [1.165, 1.54) is 11.1 Å². The first-order valence-electron chi connectivity index (χ1n) is 9.64. The van der Waals surface area contributed by atoms with E-state index in [1.54, 1.807) is 0 Å². The quantitative estimate of drug-likeness (QED) is 0.690. The van der Waals surface area contributed by atoms with Gasteiger partial charge in [-0.1, -0.05) is 18.2 Å². The number of halogens is 1. The first kappa shape index (κ1) is 21.5. The van der Waals surface area contributed by atoms with Crippen molar-refractivity contribution in [3.63, 3.8) is 0 Å². The number of carboxylic acid groups (broad SMARTS) is 1. The summed E-state index contributed by atoms with van der Waals surface area (Å²) in [5, 5.41) is 15.2. The normalized spacial score (nSPS) is 22.3. The molecule has 1 aromatic carbocycles. The van der Waals surface area contributed by atoms with E-state index in [0.717, 1.165) is 51.6 Å². The molecular formula is C21H29ClN2O3. The van der Waals surface area contributed by atoms with Crippen LogP contribution in [-0.4, -0.2) is 36.1 Å². The van der Waals surface area contributed by atoms with Gasteiger partial charge in [-0.25, -0.2) is 0 Å². The molecule has 1 saturated carbocycles. The van der Waals surface area contributed by atoms with Crippen LogP contribution in [0.4, 0.5) is 0 Å². The molecule has 1 aliphatic carbocycles. The average molecular weight is 393 g/mol. The molecule has 1 fully saturated rings. The molecule has 6 heteroatoms. The molecule has 0 unspecified atom stereocenters. The summed E-state index contributed by atoms with van der Waals surface area (Å²) < 4.78 is 0. The molecule has 5 nitrogen and oxygen atoms in total. The second-order valence-corrected chi connectivity index (χ2v) is 7.38. The molecule has 1 aromatic rings. The largest absolute Gasteiger partial charge is 0.481 e. The summed E-state index contributed by atoms with van der Waals surface area (Å²) in [6.45, 7) is 1.91. The zero-order chi connectivity index (χ0) is 18.4. The van der Waals surface area contributed by atoms with Gasteiger partial charge in [0.1, 0.15) is 0 Å². The van der Waals surface area contributed by atoms with Crippen molar-refractivity contribution in [1.29, 1.82) is 0 Å². The van der Waals surface area contributed by atoms with Gasteiger partial charge >= 0.3 is 5.97 Å². The van der Waals surface area contributed by atoms with E-state index in [1.807, 2.05) is 24.3 Å². The summed E-state index contributed by atoms with van der Waals surface area (Å²) in [5.74, 6) is -0.245. The van der Waals surface area contributed by atoms with Crippen molar-refractivity contribution in [2.75, 3.05) is 13.1 Å². The average Bonchev–Trinajstić information content (AvgIpc) is 2.68. The van der Waals surface area contributed by atoms with Crippen LogP contribution in [0.5, 0.6) is 0 Å². The Morgan fingerprint density at radius 2 is 1.81 bits per heavy atom. The van der Waals surface area contributed by atoms with Crippen LogP contribution >= 0.6 is 12.4 Å². The minimum atomic E-state index is -0.718. The Morgan fingerprint density at radius 3 is 2.41 bits per heavy atom. The van der Waals surface area contributed by atoms with Gasteiger partial charge in [0.2, 0.25) is 0 Å². The van der Waals surface area contributed by atoms with Crippen molar-refractivity contribution in [2.45, 2.75) is 51.0 Å². The molecule has 0 saturated heterocycles. The van der Waals surface area contributed by atoms with E-state index in [4.69, 9.17) is 5.11 Å². The highest BCUT2D eigenvalue weighted by Crippen LogP contribution is 2.28. The first-order valence-corrected chi connectivity index (χ1v) is 9.64. The predicted molar refractivity (Wildman–Crippen MR) is 109 cm³/mol. The number of carbonyl (C=O) groups excluding carboxylic acids is 1. The summed E-state index contributed by atoms with van der Waals surface area (Å²) in [5.41, 5.74) is 3.24. The molecule has 0 radical (unpaired) electrons. The van der Waals surface area contributed by atoms with E-state index >= 15 is 0 Å². The molecule has 3 N–H and O–H groups in total. The highest BCUT2D eigenvalue weighted by atomic mass is 35.5. The molecule has 0 spiro atoms. The minimum absolute atomic E-state index is 0. The van der Waals surface area contributed by atoms with Crippen LogP contribution in [-0.2, 0) is 4.79 Å². The summed E-state index contributed by atoms with van der Waals surface area (Å²) in [6, 6.07) is 8.09. The lowest BCUT2D eigenvalue weighted by Gasteiger charge is -2.28. The van der Waals surface area contributed by atoms with Crippen molar-refractivity contribution in [3.8, 4) is 0 Å². The predicted octanol–water partition coefficient (Wildman–Crippen LogP) is 3.64. The summed E-state index contributed by atoms with van der Waals surface area (Å²) in [6.07, 6.45) is 8.11. The molecule has 1 heterocycles. The zero-order valence-electron chi connectivity index (χ0n) is 15.6. The lowest BCUT2D eigenvalue weighted by molar-refractivity contribution is -0.137. The van der Waals surface area contributed by atoms with Crippen LogP contribution in [0.2, 0.25) is 0 Å². The van der Waals surface area contributed by atoms with Gasteiger partial charge in [-0.05, 0) is 74.3 Å². The number of benzene rings is 1. The van der Waals surface area contributed by atoms with E-state index < -0.39 is 5.97 Å². The van der Waals surface area contributed by atoms with Crippen molar-refractivity contribution < 1.29 is 14.7 Å². The van der Waals surface area contributed by atoms with E-state index in [-0.39, 0.29) is 30.8 Å². The highest BCUT2D eigenvalue weighted by Gasteiger charge is 2.23. The SMILES string of the molecule is Cl.O=C(O)CCC1CCC(NC(=O)c2ccc(C3=CCNCC3)cc2)CC1. The van der Waals surface area contributed by atoms with Gasteiger partial charge in [0.05, 0.1) is 0 Å². The van der Waals surface area contributed by atoms with E-state index in [9.17, 15) is 9.59 Å². The van der Waals surface area contributed by atoms with Gasteiger partial charge in [-0.3, -0.25) is 9.59 Å². The Balaban J connectivity index is 0.00000261. The maximum atomic E-state index is 12.5. The molecule has 1 aliphatic heterocycles. The summed E-state index contributed by atoms with van der Waals surface area (Å²) in [7, 11) is 0. The van der Waals surface area contributed by atoms with Crippen LogP contribution in [0.15, 0.2) is 30.3 Å². The number of carbonyl (C=O) groups is 2. The maximum Gasteiger partial charge on any atom is 0.303 e. The lowest BCUT2D eigenvalue weighted by atomic mass is 9.83. The third-order valence-corrected chi connectivity index (χ3v) is 5.53. The van der Waals surface area contributed by atoms with Gasteiger partial charge in [-0.2, -0.15) is 0 Å². The molecule has 2 aliphatic rings. The van der Waals surface area contributed by atoms with Gasteiger partial charge < -0.3 is 15.7 Å². The van der Waals surface area contributed by atoms with E-state index in [2.05, 4.69) is 16.7 Å². The maximum absolute atomic E-state index is 12.5. The Morgan fingerprint density at radius 1 is 1.11 bits per heavy atom. The molecule has 0 atom stereocenters. The number of carboxylic acids is 1. The first-order chi connectivity index (χ1) is 12.6. The van der Waals surface area contributed by atoms with Gasteiger partial charge in [0.15, 0.2) is 0 Å². The molecular weight excluding hydrogens is 364 g/mol.